The van der Waals surface area contributed by atoms with Gasteiger partial charge in [-0.2, -0.15) is 0 Å². The van der Waals surface area contributed by atoms with E-state index in [1.165, 1.54) is 5.56 Å². The number of hydrogen-bond donors (Lipinski definition) is 1. The Hall–Kier alpha value is -2.14. The summed E-state index contributed by atoms with van der Waals surface area (Å²) in [6.45, 7) is 9.97. The SMILES string of the molecule is CCOC(=O)Cc1c(Cl)nc(C)nc1Nc1c(C)cc(C)cc1C. The van der Waals surface area contributed by atoms with Crippen LogP contribution in [0.15, 0.2) is 12.1 Å². The van der Waals surface area contributed by atoms with E-state index in [9.17, 15) is 4.79 Å². The fourth-order valence-electron chi connectivity index (χ4n) is 2.67. The molecule has 5 nitrogen and oxygen atoms in total. The highest BCUT2D eigenvalue weighted by Crippen LogP contribution is 2.29. The zero-order chi connectivity index (χ0) is 17.9. The molecule has 0 aliphatic heterocycles. The molecule has 0 saturated heterocycles. The molecule has 128 valence electrons. The van der Waals surface area contributed by atoms with Gasteiger partial charge in [0.2, 0.25) is 0 Å². The topological polar surface area (TPSA) is 64.1 Å². The predicted molar refractivity (Wildman–Crippen MR) is 96.1 cm³/mol. The molecule has 0 saturated carbocycles. The van der Waals surface area contributed by atoms with Crippen molar-refractivity contribution in [3.8, 4) is 0 Å². The van der Waals surface area contributed by atoms with Gasteiger partial charge in [0.15, 0.2) is 0 Å². The second-order valence-corrected chi connectivity index (χ2v) is 6.13. The van der Waals surface area contributed by atoms with Crippen LogP contribution >= 0.6 is 11.6 Å². The van der Waals surface area contributed by atoms with Crippen molar-refractivity contribution < 1.29 is 9.53 Å². The molecule has 1 aromatic carbocycles. The van der Waals surface area contributed by atoms with Crippen molar-refractivity contribution in [2.75, 3.05) is 11.9 Å². The maximum Gasteiger partial charge on any atom is 0.310 e. The quantitative estimate of drug-likeness (QED) is 0.648. The number of carbonyl (C=O) groups is 1. The van der Waals surface area contributed by atoms with E-state index >= 15 is 0 Å². The molecule has 6 heteroatoms. The molecule has 0 spiro atoms. The number of hydrogen-bond acceptors (Lipinski definition) is 5. The normalized spacial score (nSPS) is 10.6. The predicted octanol–water partition coefficient (Wildman–Crippen LogP) is 4.21. The van der Waals surface area contributed by atoms with E-state index in [0.29, 0.717) is 23.8 Å². The number of aromatic nitrogens is 2. The molecular formula is C18H22ClN3O2. The van der Waals surface area contributed by atoms with Gasteiger partial charge < -0.3 is 10.1 Å². The first-order chi connectivity index (χ1) is 11.3. The van der Waals surface area contributed by atoms with Gasteiger partial charge in [-0.1, -0.05) is 29.3 Å². The maximum absolute atomic E-state index is 11.9. The number of halogens is 1. The van der Waals surface area contributed by atoms with Crippen molar-refractivity contribution in [1.82, 2.24) is 9.97 Å². The van der Waals surface area contributed by atoms with Crippen molar-refractivity contribution in [2.45, 2.75) is 41.0 Å². The number of ether oxygens (including phenoxy) is 1. The first-order valence-electron chi connectivity index (χ1n) is 7.85. The highest BCUT2D eigenvalue weighted by molar-refractivity contribution is 6.30. The third-order valence-electron chi connectivity index (χ3n) is 3.62. The summed E-state index contributed by atoms with van der Waals surface area (Å²) in [5, 5.41) is 3.59. The molecule has 0 aliphatic rings. The van der Waals surface area contributed by atoms with Crippen molar-refractivity contribution in [3.05, 3.63) is 45.4 Å². The summed E-state index contributed by atoms with van der Waals surface area (Å²) < 4.78 is 5.02. The largest absolute Gasteiger partial charge is 0.466 e. The number of benzene rings is 1. The lowest BCUT2D eigenvalue weighted by Gasteiger charge is -2.17. The Bertz CT molecular complexity index is 752. The molecule has 24 heavy (non-hydrogen) atoms. The fourth-order valence-corrected chi connectivity index (χ4v) is 2.95. The number of nitrogens with one attached hydrogen (secondary N) is 1. The first kappa shape index (κ1) is 18.2. The Labute approximate surface area is 147 Å². The monoisotopic (exact) mass is 347 g/mol. The van der Waals surface area contributed by atoms with E-state index < -0.39 is 0 Å². The third kappa shape index (κ3) is 4.23. The number of anilines is 2. The van der Waals surface area contributed by atoms with Gasteiger partial charge in [-0.05, 0) is 45.7 Å². The average Bonchev–Trinajstić information content (AvgIpc) is 2.46. The lowest BCUT2D eigenvalue weighted by molar-refractivity contribution is -0.142. The van der Waals surface area contributed by atoms with Crippen LogP contribution in [-0.2, 0) is 16.0 Å². The Morgan fingerprint density at radius 2 is 1.79 bits per heavy atom. The zero-order valence-electron chi connectivity index (χ0n) is 14.7. The molecule has 0 fully saturated rings. The minimum absolute atomic E-state index is 0.0270. The molecule has 0 unspecified atom stereocenters. The second kappa shape index (κ2) is 7.62. The van der Waals surface area contributed by atoms with Crippen LogP contribution in [0, 0.1) is 27.7 Å². The Morgan fingerprint density at radius 1 is 1.17 bits per heavy atom. The van der Waals surface area contributed by atoms with E-state index in [2.05, 4.69) is 34.3 Å². The molecule has 1 heterocycles. The number of rotatable bonds is 5. The second-order valence-electron chi connectivity index (χ2n) is 5.77. The number of carbonyl (C=O) groups excluding carboxylic acids is 1. The summed E-state index contributed by atoms with van der Waals surface area (Å²) in [6, 6.07) is 4.19. The van der Waals surface area contributed by atoms with Crippen LogP contribution in [0.25, 0.3) is 0 Å². The van der Waals surface area contributed by atoms with E-state index in [1.807, 2.05) is 13.8 Å². The third-order valence-corrected chi connectivity index (χ3v) is 3.93. The summed E-state index contributed by atoms with van der Waals surface area (Å²) in [5.74, 6) is 0.723. The van der Waals surface area contributed by atoms with Gasteiger partial charge >= 0.3 is 5.97 Å². The minimum Gasteiger partial charge on any atom is -0.466 e. The summed E-state index contributed by atoms with van der Waals surface area (Å²) in [4.78, 5) is 20.5. The van der Waals surface area contributed by atoms with Gasteiger partial charge in [-0.3, -0.25) is 4.79 Å². The number of esters is 1. The summed E-state index contributed by atoms with van der Waals surface area (Å²) in [5.41, 5.74) is 4.89. The lowest BCUT2D eigenvalue weighted by atomic mass is 10.0. The molecular weight excluding hydrogens is 326 g/mol. The van der Waals surface area contributed by atoms with Crippen LogP contribution in [0.4, 0.5) is 11.5 Å². The molecule has 0 aliphatic carbocycles. The van der Waals surface area contributed by atoms with Gasteiger partial charge in [0.1, 0.15) is 16.8 Å². The van der Waals surface area contributed by atoms with Crippen molar-refractivity contribution in [1.29, 1.82) is 0 Å². The van der Waals surface area contributed by atoms with E-state index in [4.69, 9.17) is 16.3 Å². The maximum atomic E-state index is 11.9. The summed E-state index contributed by atoms with van der Waals surface area (Å²) in [7, 11) is 0. The van der Waals surface area contributed by atoms with Crippen LogP contribution in [0.2, 0.25) is 5.15 Å². The molecule has 1 N–H and O–H groups in total. The van der Waals surface area contributed by atoms with Crippen LogP contribution in [0.1, 0.15) is 35.0 Å². The molecule has 0 radical (unpaired) electrons. The van der Waals surface area contributed by atoms with Crippen LogP contribution in [0.3, 0.4) is 0 Å². The highest BCUT2D eigenvalue weighted by atomic mass is 35.5. The molecule has 0 atom stereocenters. The first-order valence-corrected chi connectivity index (χ1v) is 8.23. The van der Waals surface area contributed by atoms with Gasteiger partial charge in [-0.25, -0.2) is 9.97 Å². The fraction of sp³-hybridized carbons (Fsp3) is 0.389. The number of nitrogens with zero attached hydrogens (tertiary/aromatic N) is 2. The van der Waals surface area contributed by atoms with Crippen LogP contribution in [0.5, 0.6) is 0 Å². The van der Waals surface area contributed by atoms with Gasteiger partial charge in [0, 0.05) is 11.3 Å². The van der Waals surface area contributed by atoms with Crippen molar-refractivity contribution in [3.63, 3.8) is 0 Å². The summed E-state index contributed by atoms with van der Waals surface area (Å²) >= 11 is 6.25. The van der Waals surface area contributed by atoms with E-state index in [1.54, 1.807) is 13.8 Å². The Morgan fingerprint density at radius 3 is 2.38 bits per heavy atom. The lowest BCUT2D eigenvalue weighted by Crippen LogP contribution is -2.12. The molecule has 0 bridgehead atoms. The Balaban J connectivity index is 2.44. The molecule has 0 amide bonds. The van der Waals surface area contributed by atoms with Crippen LogP contribution in [-0.4, -0.2) is 22.5 Å². The Kier molecular flexibility index (Phi) is 5.78. The van der Waals surface area contributed by atoms with Gasteiger partial charge in [-0.15, -0.1) is 0 Å². The van der Waals surface area contributed by atoms with E-state index in [-0.39, 0.29) is 17.5 Å². The molecule has 1 aromatic heterocycles. The number of aryl methyl sites for hydroxylation is 4. The standard InChI is InChI=1S/C18H22ClN3O2/c1-6-24-15(23)9-14-17(19)20-13(5)21-18(14)22-16-11(3)7-10(2)8-12(16)4/h7-8H,6,9H2,1-5H3,(H,20,21,22). The molecule has 2 rings (SSSR count). The zero-order valence-corrected chi connectivity index (χ0v) is 15.4. The highest BCUT2D eigenvalue weighted by Gasteiger charge is 2.17. The minimum atomic E-state index is -0.354. The van der Waals surface area contributed by atoms with Gasteiger partial charge in [0.05, 0.1) is 13.0 Å². The van der Waals surface area contributed by atoms with E-state index in [0.717, 1.165) is 16.8 Å². The summed E-state index contributed by atoms with van der Waals surface area (Å²) in [6.07, 6.45) is 0.0270. The average molecular weight is 348 g/mol. The van der Waals surface area contributed by atoms with Crippen molar-refractivity contribution >= 4 is 29.1 Å². The smallest absolute Gasteiger partial charge is 0.310 e. The van der Waals surface area contributed by atoms with Gasteiger partial charge in [0.25, 0.3) is 0 Å². The van der Waals surface area contributed by atoms with Crippen LogP contribution < -0.4 is 5.32 Å². The van der Waals surface area contributed by atoms with Crippen molar-refractivity contribution in [2.24, 2.45) is 0 Å². The molecule has 2 aromatic rings.